The van der Waals surface area contributed by atoms with E-state index < -0.39 is 23.7 Å². The largest absolute Gasteiger partial charge is 0.478 e. The number of halogens is 2. The summed E-state index contributed by atoms with van der Waals surface area (Å²) in [4.78, 5) is 43.7. The van der Waals surface area contributed by atoms with E-state index in [-0.39, 0.29) is 39.6 Å². The molecule has 1 amide bonds. The van der Waals surface area contributed by atoms with Crippen molar-refractivity contribution in [1.82, 2.24) is 14.7 Å². The SMILES string of the molecule is COC(C)(C)C1CCN(c2cccc3c2CCN(C(=O)c2cnn(-c4cccc(Cl)c4F)c2)C3C(=O)Cc2ccc(C(=O)O)cc2)CC1. The molecule has 0 spiro atoms. The number of anilines is 1. The third-order valence-corrected chi connectivity index (χ3v) is 10.2. The van der Waals surface area contributed by atoms with E-state index in [2.05, 4.69) is 29.9 Å². The molecule has 9 nitrogen and oxygen atoms in total. The number of fused-ring (bicyclic) bond motifs is 1. The molecule has 0 aliphatic carbocycles. The second kappa shape index (κ2) is 13.5. The highest BCUT2D eigenvalue weighted by molar-refractivity contribution is 6.30. The van der Waals surface area contributed by atoms with Crippen molar-refractivity contribution >= 4 is 34.9 Å². The monoisotopic (exact) mass is 672 g/mol. The molecule has 1 saturated heterocycles. The molecule has 11 heteroatoms. The standard InChI is InChI=1S/C37H38ClFN4O5/c1-37(2,48-3)26-14-17-41(18-15-26)30-8-4-6-28-27(30)16-19-42(34(28)32(44)20-23-10-12-24(13-11-23)36(46)47)35(45)25-21-40-43(22-25)31-9-5-7-29(38)33(31)39/h4-13,21-22,26,34H,14-20H2,1-3H3,(H,46,47). The number of aromatic carboxylic acids is 1. The van der Waals surface area contributed by atoms with Crippen LogP contribution >= 0.6 is 11.6 Å². The highest BCUT2D eigenvalue weighted by atomic mass is 35.5. The Morgan fingerprint density at radius 2 is 1.67 bits per heavy atom. The summed E-state index contributed by atoms with van der Waals surface area (Å²) in [5.41, 5.74) is 3.76. The van der Waals surface area contributed by atoms with Crippen molar-refractivity contribution in [2.45, 2.75) is 51.2 Å². The predicted octanol–water partition coefficient (Wildman–Crippen LogP) is 6.56. The molecule has 1 aromatic heterocycles. The number of carbonyl (C=O) groups is 3. The number of methoxy groups -OCH3 is 1. The molecule has 1 N–H and O–H groups in total. The smallest absolute Gasteiger partial charge is 0.335 e. The van der Waals surface area contributed by atoms with Gasteiger partial charge in [0.1, 0.15) is 11.7 Å². The van der Waals surface area contributed by atoms with Crippen LogP contribution in [-0.4, -0.2) is 69.8 Å². The summed E-state index contributed by atoms with van der Waals surface area (Å²) in [6.45, 7) is 6.25. The number of carboxylic acid groups (broad SMARTS) is 1. The minimum Gasteiger partial charge on any atom is -0.478 e. The Balaban J connectivity index is 1.33. The molecule has 1 unspecified atom stereocenters. The van der Waals surface area contributed by atoms with Gasteiger partial charge in [0.25, 0.3) is 5.91 Å². The molecule has 2 aliphatic rings. The van der Waals surface area contributed by atoms with Crippen LogP contribution in [-0.2, 0) is 22.4 Å². The summed E-state index contributed by atoms with van der Waals surface area (Å²) in [5, 5.41) is 13.5. The Morgan fingerprint density at radius 3 is 2.35 bits per heavy atom. The lowest BCUT2D eigenvalue weighted by Crippen LogP contribution is -2.46. The van der Waals surface area contributed by atoms with Crippen LogP contribution in [0.25, 0.3) is 5.69 Å². The number of hydrogen-bond acceptors (Lipinski definition) is 6. The number of Topliss-reactive ketones (excluding diaryl/α,β-unsaturated/α-hetero) is 1. The van der Waals surface area contributed by atoms with Crippen molar-refractivity contribution in [2.75, 3.05) is 31.6 Å². The first kappa shape index (κ1) is 33.4. The fourth-order valence-electron chi connectivity index (χ4n) is 6.96. The van der Waals surface area contributed by atoms with E-state index in [4.69, 9.17) is 16.3 Å². The highest BCUT2D eigenvalue weighted by Gasteiger charge is 2.39. The summed E-state index contributed by atoms with van der Waals surface area (Å²) in [7, 11) is 1.76. The van der Waals surface area contributed by atoms with E-state index >= 15 is 0 Å². The average Bonchev–Trinajstić information content (AvgIpc) is 3.59. The van der Waals surface area contributed by atoms with E-state index in [1.54, 1.807) is 30.2 Å². The summed E-state index contributed by atoms with van der Waals surface area (Å²) >= 11 is 5.98. The van der Waals surface area contributed by atoms with Gasteiger partial charge in [0.2, 0.25) is 0 Å². The maximum Gasteiger partial charge on any atom is 0.335 e. The number of ether oxygens (including phenoxy) is 1. The van der Waals surface area contributed by atoms with E-state index in [0.717, 1.165) is 42.7 Å². The maximum atomic E-state index is 14.8. The molecule has 4 aromatic rings. The highest BCUT2D eigenvalue weighted by Crippen LogP contribution is 2.40. The van der Waals surface area contributed by atoms with Crippen molar-refractivity contribution in [3.63, 3.8) is 0 Å². The Kier molecular flexibility index (Phi) is 9.40. The van der Waals surface area contributed by atoms with Crippen molar-refractivity contribution in [3.8, 4) is 5.69 Å². The Morgan fingerprint density at radius 1 is 0.979 bits per heavy atom. The summed E-state index contributed by atoms with van der Waals surface area (Å²) in [6.07, 6.45) is 5.31. The molecule has 3 heterocycles. The number of amides is 1. The molecule has 48 heavy (non-hydrogen) atoms. The number of hydrogen-bond donors (Lipinski definition) is 1. The Labute approximate surface area is 283 Å². The number of carboxylic acids is 1. The third-order valence-electron chi connectivity index (χ3n) is 9.89. The quantitative estimate of drug-likeness (QED) is 0.215. The predicted molar refractivity (Wildman–Crippen MR) is 181 cm³/mol. The summed E-state index contributed by atoms with van der Waals surface area (Å²) in [6, 6.07) is 15.8. The molecule has 0 radical (unpaired) electrons. The number of benzene rings is 3. The fourth-order valence-corrected chi connectivity index (χ4v) is 7.13. The third kappa shape index (κ3) is 6.47. The molecule has 1 atom stereocenters. The molecule has 1 fully saturated rings. The molecule has 2 aliphatic heterocycles. The number of aromatic nitrogens is 2. The van der Waals surface area contributed by atoms with E-state index in [0.29, 0.717) is 24.4 Å². The normalized spacial score (nSPS) is 16.9. The van der Waals surface area contributed by atoms with Crippen LogP contribution in [0, 0.1) is 11.7 Å². The van der Waals surface area contributed by atoms with Gasteiger partial charge in [-0.15, -0.1) is 0 Å². The van der Waals surface area contributed by atoms with Crippen molar-refractivity contribution in [1.29, 1.82) is 0 Å². The zero-order valence-electron chi connectivity index (χ0n) is 27.2. The summed E-state index contributed by atoms with van der Waals surface area (Å²) < 4.78 is 21.8. The molecule has 250 valence electrons. The molecule has 3 aromatic carbocycles. The molecule has 0 bridgehead atoms. The number of carbonyl (C=O) groups excluding carboxylic acids is 2. The summed E-state index contributed by atoms with van der Waals surface area (Å²) in [5.74, 6) is -1.88. The first-order valence-electron chi connectivity index (χ1n) is 16.1. The van der Waals surface area contributed by atoms with E-state index in [9.17, 15) is 23.9 Å². The number of ketones is 1. The van der Waals surface area contributed by atoms with E-state index in [1.165, 1.54) is 41.3 Å². The minimum atomic E-state index is -1.05. The van der Waals surface area contributed by atoms with Crippen molar-refractivity contribution in [3.05, 3.63) is 112 Å². The number of nitrogens with zero attached hydrogens (tertiary/aromatic N) is 4. The van der Waals surface area contributed by atoms with Crippen LogP contribution in [0.1, 0.15) is 70.1 Å². The van der Waals surface area contributed by atoms with Gasteiger partial charge in [0, 0.05) is 45.0 Å². The van der Waals surface area contributed by atoms with Gasteiger partial charge in [-0.2, -0.15) is 5.10 Å². The van der Waals surface area contributed by atoms with Crippen LogP contribution < -0.4 is 4.90 Å². The lowest BCUT2D eigenvalue weighted by Gasteiger charge is -2.43. The molecular formula is C37H38ClFN4O5. The van der Waals surface area contributed by atoms with Gasteiger partial charge in [0.15, 0.2) is 11.6 Å². The van der Waals surface area contributed by atoms with Crippen LogP contribution in [0.15, 0.2) is 73.1 Å². The average molecular weight is 673 g/mol. The van der Waals surface area contributed by atoms with E-state index in [1.807, 2.05) is 12.1 Å². The van der Waals surface area contributed by atoms with Crippen LogP contribution in [0.5, 0.6) is 0 Å². The topological polar surface area (TPSA) is 105 Å². The Hall–Kier alpha value is -4.54. The lowest BCUT2D eigenvalue weighted by molar-refractivity contribution is -0.123. The van der Waals surface area contributed by atoms with Gasteiger partial charge in [0.05, 0.1) is 27.9 Å². The number of piperidine rings is 1. The number of rotatable bonds is 9. The van der Waals surface area contributed by atoms with Crippen LogP contribution in [0.3, 0.4) is 0 Å². The van der Waals surface area contributed by atoms with Gasteiger partial charge >= 0.3 is 5.97 Å². The second-order valence-corrected chi connectivity index (χ2v) is 13.4. The Bertz CT molecular complexity index is 1850. The first-order valence-corrected chi connectivity index (χ1v) is 16.4. The lowest BCUT2D eigenvalue weighted by atomic mass is 9.82. The van der Waals surface area contributed by atoms with Gasteiger partial charge in [-0.1, -0.05) is 41.9 Å². The second-order valence-electron chi connectivity index (χ2n) is 13.0. The van der Waals surface area contributed by atoms with Gasteiger partial charge in [-0.05, 0) is 86.1 Å². The van der Waals surface area contributed by atoms with Crippen molar-refractivity contribution in [2.24, 2.45) is 5.92 Å². The zero-order chi connectivity index (χ0) is 34.2. The van der Waals surface area contributed by atoms with Gasteiger partial charge in [-0.25, -0.2) is 13.9 Å². The zero-order valence-corrected chi connectivity index (χ0v) is 27.9. The van der Waals surface area contributed by atoms with Crippen LogP contribution in [0.4, 0.5) is 10.1 Å². The van der Waals surface area contributed by atoms with Gasteiger partial charge < -0.3 is 19.6 Å². The first-order chi connectivity index (χ1) is 23.0. The fraction of sp³-hybridized carbons (Fsp3) is 0.351. The minimum absolute atomic E-state index is 0.00248. The molecule has 0 saturated carbocycles. The van der Waals surface area contributed by atoms with Gasteiger partial charge in [-0.3, -0.25) is 9.59 Å². The van der Waals surface area contributed by atoms with Crippen LogP contribution in [0.2, 0.25) is 5.02 Å². The molecule has 6 rings (SSSR count). The maximum absolute atomic E-state index is 14.8. The van der Waals surface area contributed by atoms with Crippen molar-refractivity contribution < 1.29 is 28.6 Å². The molecular weight excluding hydrogens is 635 g/mol.